The van der Waals surface area contributed by atoms with Gasteiger partial charge in [0.25, 0.3) is 0 Å². The van der Waals surface area contributed by atoms with E-state index in [-0.39, 0.29) is 6.10 Å². The predicted octanol–water partition coefficient (Wildman–Crippen LogP) is 0.426. The Kier molecular flexibility index (Phi) is 3.33. The summed E-state index contributed by atoms with van der Waals surface area (Å²) in [6.45, 7) is 8.99. The molecular weight excluding hydrogens is 164 g/mol. The lowest BCUT2D eigenvalue weighted by Gasteiger charge is -2.43. The molecule has 3 N–H and O–H groups in total. The Morgan fingerprint density at radius 1 is 1.46 bits per heavy atom. The summed E-state index contributed by atoms with van der Waals surface area (Å²) >= 11 is 0. The molecule has 78 valence electrons. The molecule has 1 fully saturated rings. The molecule has 13 heavy (non-hydrogen) atoms. The molecule has 0 aromatic rings. The van der Waals surface area contributed by atoms with Crippen molar-refractivity contribution >= 4 is 0 Å². The molecule has 1 saturated heterocycles. The van der Waals surface area contributed by atoms with Crippen LogP contribution in [0.4, 0.5) is 0 Å². The van der Waals surface area contributed by atoms with Gasteiger partial charge in [0.05, 0.1) is 6.10 Å². The van der Waals surface area contributed by atoms with Crippen molar-refractivity contribution in [3.05, 3.63) is 0 Å². The van der Waals surface area contributed by atoms with E-state index in [1.165, 1.54) is 0 Å². The van der Waals surface area contributed by atoms with Gasteiger partial charge in [-0.25, -0.2) is 0 Å². The summed E-state index contributed by atoms with van der Waals surface area (Å²) in [5, 5.41) is 9.18. The third kappa shape index (κ3) is 3.25. The molecule has 0 spiro atoms. The van der Waals surface area contributed by atoms with Crippen LogP contribution >= 0.6 is 0 Å². The number of hydrogen-bond acceptors (Lipinski definition) is 3. The average molecular weight is 186 g/mol. The van der Waals surface area contributed by atoms with Crippen LogP contribution in [0.5, 0.6) is 0 Å². The highest BCUT2D eigenvalue weighted by molar-refractivity contribution is 4.87. The Labute approximate surface area is 80.9 Å². The molecule has 3 nitrogen and oxygen atoms in total. The molecule has 0 amide bonds. The Balaban J connectivity index is 2.35. The molecular formula is C10H22N2O. The van der Waals surface area contributed by atoms with Gasteiger partial charge in [-0.2, -0.15) is 0 Å². The molecule has 1 aliphatic heterocycles. The number of likely N-dealkylation sites (tertiary alicyclic amines) is 1. The van der Waals surface area contributed by atoms with Crippen LogP contribution in [-0.4, -0.2) is 41.8 Å². The van der Waals surface area contributed by atoms with E-state index >= 15 is 0 Å². The van der Waals surface area contributed by atoms with Crippen molar-refractivity contribution in [1.29, 1.82) is 0 Å². The highest BCUT2D eigenvalue weighted by Gasteiger charge is 2.32. The first-order chi connectivity index (χ1) is 5.92. The Hall–Kier alpha value is -0.120. The van der Waals surface area contributed by atoms with Crippen molar-refractivity contribution in [2.45, 2.75) is 39.3 Å². The topological polar surface area (TPSA) is 49.5 Å². The van der Waals surface area contributed by atoms with Gasteiger partial charge in [0.15, 0.2) is 0 Å². The van der Waals surface area contributed by atoms with E-state index in [1.54, 1.807) is 0 Å². The number of hydrogen-bond donors (Lipinski definition) is 2. The maximum atomic E-state index is 9.18. The monoisotopic (exact) mass is 186 g/mol. The van der Waals surface area contributed by atoms with E-state index in [9.17, 15) is 5.11 Å². The second-order valence-corrected chi connectivity index (χ2v) is 5.26. The summed E-state index contributed by atoms with van der Waals surface area (Å²) in [5.74, 6) is 0. The molecule has 0 aliphatic carbocycles. The van der Waals surface area contributed by atoms with Crippen LogP contribution in [0.25, 0.3) is 0 Å². The third-order valence-electron chi connectivity index (χ3n) is 2.53. The minimum Gasteiger partial charge on any atom is -0.390 e. The van der Waals surface area contributed by atoms with E-state index in [4.69, 9.17) is 5.73 Å². The summed E-state index contributed by atoms with van der Waals surface area (Å²) in [6.07, 6.45) is 0.991. The van der Waals surface area contributed by atoms with Crippen molar-refractivity contribution in [3.63, 3.8) is 0 Å². The Morgan fingerprint density at radius 2 is 2.00 bits per heavy atom. The van der Waals surface area contributed by atoms with Crippen molar-refractivity contribution in [2.75, 3.05) is 19.6 Å². The quantitative estimate of drug-likeness (QED) is 0.672. The van der Waals surface area contributed by atoms with Crippen LogP contribution in [-0.2, 0) is 0 Å². The normalized spacial score (nSPS) is 22.8. The molecule has 1 unspecified atom stereocenters. The van der Waals surface area contributed by atoms with E-state index in [1.807, 2.05) is 0 Å². The summed E-state index contributed by atoms with van der Waals surface area (Å²) in [7, 11) is 0. The maximum absolute atomic E-state index is 9.18. The van der Waals surface area contributed by atoms with Crippen LogP contribution < -0.4 is 5.73 Å². The largest absolute Gasteiger partial charge is 0.390 e. The predicted molar refractivity (Wildman–Crippen MR) is 54.5 cm³/mol. The zero-order chi connectivity index (χ0) is 10.1. The molecule has 1 heterocycles. The third-order valence-corrected chi connectivity index (χ3v) is 2.53. The van der Waals surface area contributed by atoms with Gasteiger partial charge < -0.3 is 10.8 Å². The van der Waals surface area contributed by atoms with Crippen molar-refractivity contribution in [3.8, 4) is 0 Å². The van der Waals surface area contributed by atoms with Gasteiger partial charge in [0.1, 0.15) is 0 Å². The molecule has 1 aliphatic rings. The Bertz CT molecular complexity index is 159. The molecule has 0 aromatic carbocycles. The molecule has 1 rings (SSSR count). The molecule has 3 heteroatoms. The van der Waals surface area contributed by atoms with E-state index in [0.29, 0.717) is 18.0 Å². The number of aliphatic hydroxyl groups is 1. The van der Waals surface area contributed by atoms with E-state index < -0.39 is 0 Å². The maximum Gasteiger partial charge on any atom is 0.0794 e. The Morgan fingerprint density at radius 3 is 2.31 bits per heavy atom. The highest BCUT2D eigenvalue weighted by Crippen LogP contribution is 2.25. The van der Waals surface area contributed by atoms with Gasteiger partial charge in [-0.1, -0.05) is 20.8 Å². The summed E-state index contributed by atoms with van der Waals surface area (Å²) < 4.78 is 0. The molecule has 0 radical (unpaired) electrons. The van der Waals surface area contributed by atoms with E-state index in [0.717, 1.165) is 19.5 Å². The van der Waals surface area contributed by atoms with Gasteiger partial charge >= 0.3 is 0 Å². The van der Waals surface area contributed by atoms with Crippen LogP contribution in [0.15, 0.2) is 0 Å². The number of aliphatic hydroxyl groups excluding tert-OH is 1. The zero-order valence-electron chi connectivity index (χ0n) is 8.95. The number of nitrogens with zero attached hydrogens (tertiary/aromatic N) is 1. The molecule has 1 atom stereocenters. The lowest BCUT2D eigenvalue weighted by molar-refractivity contribution is -0.0312. The van der Waals surface area contributed by atoms with Gasteiger partial charge in [-0.3, -0.25) is 4.90 Å². The number of nitrogens with two attached hydrogens (primary N) is 1. The highest BCUT2D eigenvalue weighted by atomic mass is 16.3. The second-order valence-electron chi connectivity index (χ2n) is 5.26. The van der Waals surface area contributed by atoms with Gasteiger partial charge in [0.2, 0.25) is 0 Å². The minimum absolute atomic E-state index is 0.117. The smallest absolute Gasteiger partial charge is 0.0794 e. The summed E-state index contributed by atoms with van der Waals surface area (Å²) in [4.78, 5) is 2.27. The minimum atomic E-state index is -0.117. The lowest BCUT2D eigenvalue weighted by atomic mass is 9.86. The van der Waals surface area contributed by atoms with Crippen molar-refractivity contribution < 1.29 is 5.11 Å². The SMILES string of the molecule is CC(C)(C)CC(CN)N1CC(O)C1. The molecule has 0 aromatic heterocycles. The summed E-state index contributed by atoms with van der Waals surface area (Å²) in [6, 6.07) is 0.448. The van der Waals surface area contributed by atoms with Crippen LogP contribution in [0, 0.1) is 5.41 Å². The van der Waals surface area contributed by atoms with Gasteiger partial charge in [0, 0.05) is 25.7 Å². The number of β-amino-alcohol motifs (C(OH)–C–C–N with tert-alkyl or cyclic N) is 1. The van der Waals surface area contributed by atoms with Crippen LogP contribution in [0.1, 0.15) is 27.2 Å². The lowest BCUT2D eigenvalue weighted by Crippen LogP contribution is -2.58. The standard InChI is InChI=1S/C10H22N2O/c1-10(2,3)4-8(5-11)12-6-9(13)7-12/h8-9,13H,4-7,11H2,1-3H3. The van der Waals surface area contributed by atoms with Crippen molar-refractivity contribution in [1.82, 2.24) is 4.90 Å². The van der Waals surface area contributed by atoms with Crippen molar-refractivity contribution in [2.24, 2.45) is 11.1 Å². The average Bonchev–Trinajstić information content (AvgIpc) is 1.93. The summed E-state index contributed by atoms with van der Waals surface area (Å²) in [5.41, 5.74) is 6.04. The number of rotatable bonds is 3. The van der Waals surface area contributed by atoms with Gasteiger partial charge in [-0.15, -0.1) is 0 Å². The van der Waals surface area contributed by atoms with E-state index in [2.05, 4.69) is 25.7 Å². The fourth-order valence-electron chi connectivity index (χ4n) is 1.85. The fourth-order valence-corrected chi connectivity index (χ4v) is 1.85. The zero-order valence-corrected chi connectivity index (χ0v) is 8.95. The first-order valence-electron chi connectivity index (χ1n) is 5.04. The fraction of sp³-hybridized carbons (Fsp3) is 1.00. The first-order valence-corrected chi connectivity index (χ1v) is 5.04. The van der Waals surface area contributed by atoms with Crippen LogP contribution in [0.3, 0.4) is 0 Å². The molecule has 0 saturated carbocycles. The first kappa shape index (κ1) is 11.0. The molecule has 0 bridgehead atoms. The second kappa shape index (κ2) is 3.95. The van der Waals surface area contributed by atoms with Crippen LogP contribution in [0.2, 0.25) is 0 Å². The van der Waals surface area contributed by atoms with Gasteiger partial charge in [-0.05, 0) is 11.8 Å².